The van der Waals surface area contributed by atoms with Gasteiger partial charge in [-0.3, -0.25) is 9.89 Å². The van der Waals surface area contributed by atoms with E-state index in [2.05, 4.69) is 10.2 Å². The molecule has 1 aliphatic rings. The van der Waals surface area contributed by atoms with E-state index in [4.69, 9.17) is 9.84 Å². The number of carbonyl (C=O) groups is 2. The smallest absolute Gasteiger partial charge is 0.342 e. The molecule has 0 bridgehead atoms. The van der Waals surface area contributed by atoms with E-state index in [9.17, 15) is 18.0 Å². The van der Waals surface area contributed by atoms with Crippen LogP contribution in [-0.2, 0) is 19.6 Å². The molecular formula is C13H19N3O6S. The van der Waals surface area contributed by atoms with Gasteiger partial charge in [0.15, 0.2) is 5.03 Å². The van der Waals surface area contributed by atoms with Gasteiger partial charge < -0.3 is 9.84 Å². The minimum atomic E-state index is -4.06. The van der Waals surface area contributed by atoms with E-state index in [-0.39, 0.29) is 36.2 Å². The van der Waals surface area contributed by atoms with Gasteiger partial charge in [0.25, 0.3) is 10.0 Å². The molecule has 2 unspecified atom stereocenters. The average Bonchev–Trinajstić information content (AvgIpc) is 2.97. The fraction of sp³-hybridized carbons (Fsp3) is 0.615. The number of carbonyl (C=O) groups excluding carboxylic acids is 1. The molecule has 0 radical (unpaired) electrons. The lowest BCUT2D eigenvalue weighted by molar-refractivity contribution is -0.143. The fourth-order valence-corrected chi connectivity index (χ4v) is 4.30. The third-order valence-corrected chi connectivity index (χ3v) is 5.48. The zero-order valence-corrected chi connectivity index (χ0v) is 13.7. The van der Waals surface area contributed by atoms with Crippen LogP contribution in [0.25, 0.3) is 0 Å². The maximum atomic E-state index is 12.7. The molecule has 1 aliphatic heterocycles. The third-order valence-electron chi connectivity index (χ3n) is 3.67. The molecule has 1 fully saturated rings. The molecule has 10 heteroatoms. The number of sulfonamides is 1. The number of nitrogens with zero attached hydrogens (tertiary/aromatic N) is 2. The normalized spacial score (nSPS) is 22.7. The number of esters is 1. The van der Waals surface area contributed by atoms with E-state index in [1.54, 1.807) is 13.8 Å². The molecule has 1 saturated heterocycles. The predicted molar refractivity (Wildman–Crippen MR) is 78.2 cm³/mol. The Bertz CT molecular complexity index is 698. The number of hydrogen-bond donors (Lipinski definition) is 2. The molecule has 2 heterocycles. The highest BCUT2D eigenvalue weighted by Crippen LogP contribution is 2.27. The Labute approximate surface area is 133 Å². The molecule has 23 heavy (non-hydrogen) atoms. The van der Waals surface area contributed by atoms with E-state index in [0.29, 0.717) is 6.42 Å². The number of hydrogen-bond acceptors (Lipinski definition) is 6. The first-order valence-corrected chi connectivity index (χ1v) is 8.64. The van der Waals surface area contributed by atoms with Crippen LogP contribution in [0.3, 0.4) is 0 Å². The standard InChI is InChI=1S/C13H19N3O6S/c1-3-22-13(19)10-5-14-15-11(10)23(20,21)16-6-8(2)4-9(7-16)12(17)18/h5,8-9H,3-4,6-7H2,1-2H3,(H,14,15)(H,17,18). The van der Waals surface area contributed by atoms with Crippen molar-refractivity contribution in [3.05, 3.63) is 11.8 Å². The van der Waals surface area contributed by atoms with Crippen molar-refractivity contribution in [2.24, 2.45) is 11.8 Å². The van der Waals surface area contributed by atoms with Crippen LogP contribution in [0.4, 0.5) is 0 Å². The Morgan fingerprint density at radius 3 is 2.78 bits per heavy atom. The Balaban J connectivity index is 2.33. The van der Waals surface area contributed by atoms with E-state index >= 15 is 0 Å². The minimum absolute atomic E-state index is 0.103. The highest BCUT2D eigenvalue weighted by molar-refractivity contribution is 7.89. The number of piperidine rings is 1. The zero-order valence-electron chi connectivity index (χ0n) is 12.9. The van der Waals surface area contributed by atoms with Gasteiger partial charge in [-0.1, -0.05) is 6.92 Å². The number of carboxylic acid groups (broad SMARTS) is 1. The lowest BCUT2D eigenvalue weighted by Gasteiger charge is -2.33. The number of aromatic amines is 1. The summed E-state index contributed by atoms with van der Waals surface area (Å²) in [5.74, 6) is -2.71. The van der Waals surface area contributed by atoms with Crippen molar-refractivity contribution in [3.8, 4) is 0 Å². The maximum absolute atomic E-state index is 12.7. The summed E-state index contributed by atoms with van der Waals surface area (Å²) in [6.45, 7) is 3.55. The first-order valence-electron chi connectivity index (χ1n) is 7.20. The molecule has 2 N–H and O–H groups in total. The quantitative estimate of drug-likeness (QED) is 0.735. The molecule has 128 valence electrons. The van der Waals surface area contributed by atoms with Crippen LogP contribution in [0, 0.1) is 11.8 Å². The molecule has 0 amide bonds. The van der Waals surface area contributed by atoms with E-state index < -0.39 is 27.9 Å². The number of carboxylic acids is 1. The fourth-order valence-electron chi connectivity index (χ4n) is 2.63. The van der Waals surface area contributed by atoms with Crippen LogP contribution in [0.1, 0.15) is 30.6 Å². The highest BCUT2D eigenvalue weighted by Gasteiger charge is 2.38. The molecule has 0 spiro atoms. The average molecular weight is 345 g/mol. The maximum Gasteiger partial charge on any atom is 0.342 e. The van der Waals surface area contributed by atoms with Crippen molar-refractivity contribution >= 4 is 22.0 Å². The summed E-state index contributed by atoms with van der Waals surface area (Å²) >= 11 is 0. The molecule has 0 saturated carbocycles. The second-order valence-corrected chi connectivity index (χ2v) is 7.41. The predicted octanol–water partition coefficient (Wildman–Crippen LogP) is 0.318. The van der Waals surface area contributed by atoms with Gasteiger partial charge in [0, 0.05) is 13.1 Å². The van der Waals surface area contributed by atoms with Gasteiger partial charge in [0.2, 0.25) is 0 Å². The zero-order chi connectivity index (χ0) is 17.2. The summed E-state index contributed by atoms with van der Waals surface area (Å²) in [7, 11) is -4.06. The van der Waals surface area contributed by atoms with Crippen LogP contribution in [0.2, 0.25) is 0 Å². The largest absolute Gasteiger partial charge is 0.481 e. The van der Waals surface area contributed by atoms with E-state index in [1.807, 2.05) is 0 Å². The first kappa shape index (κ1) is 17.4. The minimum Gasteiger partial charge on any atom is -0.481 e. The molecule has 1 aromatic heterocycles. The van der Waals surface area contributed by atoms with Gasteiger partial charge >= 0.3 is 11.9 Å². The third kappa shape index (κ3) is 3.53. The number of H-pyrrole nitrogens is 1. The summed E-state index contributed by atoms with van der Waals surface area (Å²) in [5, 5.41) is 14.7. The SMILES string of the molecule is CCOC(=O)c1cn[nH]c1S(=O)(=O)N1CC(C)CC(C(=O)O)C1. The van der Waals surface area contributed by atoms with Crippen molar-refractivity contribution in [1.82, 2.24) is 14.5 Å². The van der Waals surface area contributed by atoms with E-state index in [0.717, 1.165) is 10.5 Å². The molecule has 1 aromatic rings. The Kier molecular flexibility index (Phi) is 5.05. The van der Waals surface area contributed by atoms with Crippen LogP contribution < -0.4 is 0 Å². The van der Waals surface area contributed by atoms with Crippen molar-refractivity contribution in [2.45, 2.75) is 25.3 Å². The summed E-state index contributed by atoms with van der Waals surface area (Å²) in [5.41, 5.74) is -0.183. The molecule has 0 aromatic carbocycles. The number of rotatable bonds is 5. The summed E-state index contributed by atoms with van der Waals surface area (Å²) in [4.78, 5) is 23.0. The Morgan fingerprint density at radius 2 is 2.17 bits per heavy atom. The number of aliphatic carboxylic acids is 1. The lowest BCUT2D eigenvalue weighted by atomic mass is 9.92. The Morgan fingerprint density at radius 1 is 1.48 bits per heavy atom. The van der Waals surface area contributed by atoms with Crippen LogP contribution in [0.5, 0.6) is 0 Å². The van der Waals surface area contributed by atoms with Crippen LogP contribution in [0.15, 0.2) is 11.2 Å². The lowest BCUT2D eigenvalue weighted by Crippen LogP contribution is -2.45. The molecule has 9 nitrogen and oxygen atoms in total. The molecule has 0 aliphatic carbocycles. The summed E-state index contributed by atoms with van der Waals surface area (Å²) < 4.78 is 31.4. The number of aromatic nitrogens is 2. The van der Waals surface area contributed by atoms with Crippen LogP contribution >= 0.6 is 0 Å². The second-order valence-electron chi connectivity index (χ2n) is 5.53. The monoisotopic (exact) mass is 345 g/mol. The van der Waals surface area contributed by atoms with Crippen molar-refractivity contribution in [2.75, 3.05) is 19.7 Å². The summed E-state index contributed by atoms with van der Waals surface area (Å²) in [6, 6.07) is 0. The second kappa shape index (κ2) is 6.67. The van der Waals surface area contributed by atoms with Gasteiger partial charge in [0.05, 0.1) is 18.7 Å². The molecule has 2 rings (SSSR count). The number of nitrogens with one attached hydrogen (secondary N) is 1. The van der Waals surface area contributed by atoms with Gasteiger partial charge in [-0.05, 0) is 19.3 Å². The summed E-state index contributed by atoms with van der Waals surface area (Å²) in [6.07, 6.45) is 1.50. The van der Waals surface area contributed by atoms with Gasteiger partial charge in [-0.2, -0.15) is 9.40 Å². The van der Waals surface area contributed by atoms with Crippen LogP contribution in [-0.4, -0.2) is 59.7 Å². The van der Waals surface area contributed by atoms with Gasteiger partial charge in [0.1, 0.15) is 5.56 Å². The van der Waals surface area contributed by atoms with Gasteiger partial charge in [-0.15, -0.1) is 0 Å². The van der Waals surface area contributed by atoms with E-state index in [1.165, 1.54) is 0 Å². The van der Waals surface area contributed by atoms with Crippen molar-refractivity contribution < 1.29 is 27.9 Å². The van der Waals surface area contributed by atoms with Crippen molar-refractivity contribution in [3.63, 3.8) is 0 Å². The highest BCUT2D eigenvalue weighted by atomic mass is 32.2. The first-order chi connectivity index (χ1) is 10.8. The van der Waals surface area contributed by atoms with Crippen molar-refractivity contribution in [1.29, 1.82) is 0 Å². The molecule has 2 atom stereocenters. The van der Waals surface area contributed by atoms with Gasteiger partial charge in [-0.25, -0.2) is 13.2 Å². The molecular weight excluding hydrogens is 326 g/mol. The topological polar surface area (TPSA) is 130 Å². The number of ether oxygens (including phenoxy) is 1. The Hall–Kier alpha value is -1.94.